The van der Waals surface area contributed by atoms with Gasteiger partial charge in [-0.1, -0.05) is 38.3 Å². The van der Waals surface area contributed by atoms with Crippen LogP contribution in [0.15, 0.2) is 18.2 Å². The highest BCUT2D eigenvalue weighted by Gasteiger charge is 2.28. The van der Waals surface area contributed by atoms with Crippen LogP contribution in [0.2, 0.25) is 5.02 Å². The molecule has 2 rings (SSSR count). The van der Waals surface area contributed by atoms with Gasteiger partial charge < -0.3 is 10.4 Å². The fourth-order valence-electron chi connectivity index (χ4n) is 2.69. The van der Waals surface area contributed by atoms with E-state index in [4.69, 9.17) is 11.6 Å². The van der Waals surface area contributed by atoms with E-state index in [-0.39, 0.29) is 22.7 Å². The maximum Gasteiger partial charge on any atom is 0.251 e. The summed E-state index contributed by atoms with van der Waals surface area (Å²) in [6.07, 6.45) is 3.43. The molecule has 3 nitrogen and oxygen atoms in total. The molecule has 104 valence electrons. The smallest absolute Gasteiger partial charge is 0.251 e. The van der Waals surface area contributed by atoms with E-state index in [2.05, 4.69) is 19.2 Å². The number of hydrogen-bond acceptors (Lipinski definition) is 2. The van der Waals surface area contributed by atoms with Crippen molar-refractivity contribution >= 4 is 17.5 Å². The summed E-state index contributed by atoms with van der Waals surface area (Å²) in [5.41, 5.74) is 0.494. The minimum absolute atomic E-state index is 0.00197. The number of carbonyl (C=O) groups excluding carboxylic acids is 1. The van der Waals surface area contributed by atoms with E-state index in [0.29, 0.717) is 17.4 Å². The Bertz CT molecular complexity index is 475. The van der Waals surface area contributed by atoms with Crippen molar-refractivity contribution in [1.29, 1.82) is 0 Å². The number of hydrogen-bond donors (Lipinski definition) is 2. The van der Waals surface area contributed by atoms with E-state index in [1.54, 1.807) is 6.07 Å². The number of aromatic hydroxyl groups is 1. The molecule has 0 aromatic heterocycles. The molecule has 19 heavy (non-hydrogen) atoms. The van der Waals surface area contributed by atoms with Crippen LogP contribution < -0.4 is 5.32 Å². The molecule has 4 heteroatoms. The largest absolute Gasteiger partial charge is 0.506 e. The van der Waals surface area contributed by atoms with Crippen LogP contribution in [-0.2, 0) is 0 Å². The van der Waals surface area contributed by atoms with Crippen LogP contribution in [0.5, 0.6) is 5.75 Å². The molecule has 1 aromatic rings. The van der Waals surface area contributed by atoms with Crippen LogP contribution >= 0.6 is 11.6 Å². The zero-order valence-corrected chi connectivity index (χ0v) is 12.1. The first kappa shape index (κ1) is 14.2. The molecular formula is C15H20ClNO2. The number of phenolic OH excluding ortho intramolecular Hbond substituents is 1. The third kappa shape index (κ3) is 3.21. The van der Waals surface area contributed by atoms with Crippen LogP contribution in [0.1, 0.15) is 43.5 Å². The Morgan fingerprint density at radius 3 is 2.79 bits per heavy atom. The second-order valence-corrected chi connectivity index (χ2v) is 5.92. The van der Waals surface area contributed by atoms with Crippen molar-refractivity contribution in [3.05, 3.63) is 28.8 Å². The van der Waals surface area contributed by atoms with Gasteiger partial charge in [0.05, 0.1) is 5.02 Å². The highest BCUT2D eigenvalue weighted by atomic mass is 35.5. The number of phenols is 1. The molecule has 0 heterocycles. The Balaban J connectivity index is 2.06. The highest BCUT2D eigenvalue weighted by molar-refractivity contribution is 6.32. The number of benzene rings is 1. The molecule has 0 bridgehead atoms. The van der Waals surface area contributed by atoms with Crippen molar-refractivity contribution in [3.8, 4) is 5.75 Å². The highest BCUT2D eigenvalue weighted by Crippen LogP contribution is 2.30. The standard InChI is InChI=1S/C15H20ClNO2/c1-9-4-3-5-13(10(9)2)17-15(19)11-6-7-14(18)12(16)8-11/h6-10,13,18H,3-5H2,1-2H3,(H,17,19). The molecular weight excluding hydrogens is 262 g/mol. The number of amides is 1. The monoisotopic (exact) mass is 281 g/mol. The van der Waals surface area contributed by atoms with Gasteiger partial charge in [-0.2, -0.15) is 0 Å². The zero-order chi connectivity index (χ0) is 14.0. The van der Waals surface area contributed by atoms with Crippen molar-refractivity contribution in [2.45, 2.75) is 39.2 Å². The summed E-state index contributed by atoms with van der Waals surface area (Å²) in [7, 11) is 0. The quantitative estimate of drug-likeness (QED) is 0.870. The van der Waals surface area contributed by atoms with Gasteiger partial charge in [0.2, 0.25) is 0 Å². The first-order valence-electron chi connectivity index (χ1n) is 6.78. The molecule has 0 aliphatic heterocycles. The number of nitrogens with one attached hydrogen (secondary N) is 1. The molecule has 0 saturated heterocycles. The molecule has 1 fully saturated rings. The lowest BCUT2D eigenvalue weighted by molar-refractivity contribution is 0.0891. The van der Waals surface area contributed by atoms with E-state index in [0.717, 1.165) is 12.8 Å². The summed E-state index contributed by atoms with van der Waals surface area (Å²) in [5, 5.41) is 12.6. The molecule has 0 radical (unpaired) electrons. The first-order valence-corrected chi connectivity index (χ1v) is 7.16. The topological polar surface area (TPSA) is 49.3 Å². The molecule has 1 amide bonds. The lowest BCUT2D eigenvalue weighted by atomic mass is 9.78. The lowest BCUT2D eigenvalue weighted by Crippen LogP contribution is -2.43. The first-order chi connectivity index (χ1) is 8.99. The van der Waals surface area contributed by atoms with Gasteiger partial charge in [-0.3, -0.25) is 4.79 Å². The molecule has 3 unspecified atom stereocenters. The Labute approximate surface area is 119 Å². The fourth-order valence-corrected chi connectivity index (χ4v) is 2.87. The van der Waals surface area contributed by atoms with E-state index in [1.165, 1.54) is 18.6 Å². The van der Waals surface area contributed by atoms with E-state index in [1.807, 2.05) is 0 Å². The molecule has 1 saturated carbocycles. The van der Waals surface area contributed by atoms with Crippen molar-refractivity contribution in [2.24, 2.45) is 11.8 Å². The predicted octanol–water partition coefficient (Wildman–Crippen LogP) is 3.60. The molecule has 1 aliphatic carbocycles. The minimum Gasteiger partial charge on any atom is -0.506 e. The summed E-state index contributed by atoms with van der Waals surface area (Å²) >= 11 is 5.82. The Hall–Kier alpha value is -1.22. The summed E-state index contributed by atoms with van der Waals surface area (Å²) in [6.45, 7) is 4.43. The minimum atomic E-state index is -0.118. The Morgan fingerprint density at radius 1 is 1.37 bits per heavy atom. The third-order valence-corrected chi connectivity index (χ3v) is 4.54. The summed E-state index contributed by atoms with van der Waals surface area (Å²) < 4.78 is 0. The van der Waals surface area contributed by atoms with Crippen molar-refractivity contribution in [3.63, 3.8) is 0 Å². The lowest BCUT2D eigenvalue weighted by Gasteiger charge is -2.34. The van der Waals surface area contributed by atoms with Crippen LogP contribution in [0.25, 0.3) is 0 Å². The fraction of sp³-hybridized carbons (Fsp3) is 0.533. The summed E-state index contributed by atoms with van der Waals surface area (Å²) in [4.78, 5) is 12.2. The number of rotatable bonds is 2. The van der Waals surface area contributed by atoms with Gasteiger partial charge in [0, 0.05) is 11.6 Å². The van der Waals surface area contributed by atoms with Crippen molar-refractivity contribution < 1.29 is 9.90 Å². The normalized spacial score (nSPS) is 27.0. The molecule has 1 aromatic carbocycles. The van der Waals surface area contributed by atoms with Gasteiger partial charge in [-0.15, -0.1) is 0 Å². The average molecular weight is 282 g/mol. The van der Waals surface area contributed by atoms with E-state index >= 15 is 0 Å². The molecule has 3 atom stereocenters. The summed E-state index contributed by atoms with van der Waals surface area (Å²) in [6, 6.07) is 4.77. The third-order valence-electron chi connectivity index (χ3n) is 4.23. The maximum atomic E-state index is 12.2. The van der Waals surface area contributed by atoms with Gasteiger partial charge in [-0.05, 0) is 36.5 Å². The molecule has 0 spiro atoms. The number of halogens is 1. The van der Waals surface area contributed by atoms with Crippen LogP contribution in [0, 0.1) is 11.8 Å². The molecule has 1 aliphatic rings. The van der Waals surface area contributed by atoms with Gasteiger partial charge >= 0.3 is 0 Å². The van der Waals surface area contributed by atoms with Crippen LogP contribution in [0.4, 0.5) is 0 Å². The van der Waals surface area contributed by atoms with E-state index in [9.17, 15) is 9.90 Å². The second kappa shape index (κ2) is 5.83. The van der Waals surface area contributed by atoms with Crippen molar-refractivity contribution in [1.82, 2.24) is 5.32 Å². The maximum absolute atomic E-state index is 12.2. The zero-order valence-electron chi connectivity index (χ0n) is 11.3. The summed E-state index contributed by atoms with van der Waals surface area (Å²) in [5.74, 6) is 1.01. The van der Waals surface area contributed by atoms with Gasteiger partial charge in [0.15, 0.2) is 0 Å². The van der Waals surface area contributed by atoms with Gasteiger partial charge in [-0.25, -0.2) is 0 Å². The Morgan fingerprint density at radius 2 is 2.11 bits per heavy atom. The average Bonchev–Trinajstić information content (AvgIpc) is 2.38. The SMILES string of the molecule is CC1CCCC(NC(=O)c2ccc(O)c(Cl)c2)C1C. The van der Waals surface area contributed by atoms with Gasteiger partial charge in [0.1, 0.15) is 5.75 Å². The second-order valence-electron chi connectivity index (χ2n) is 5.51. The predicted molar refractivity (Wildman–Crippen MR) is 76.6 cm³/mol. The van der Waals surface area contributed by atoms with Crippen LogP contribution in [0.3, 0.4) is 0 Å². The van der Waals surface area contributed by atoms with Crippen LogP contribution in [-0.4, -0.2) is 17.1 Å². The number of carbonyl (C=O) groups is 1. The molecule has 2 N–H and O–H groups in total. The van der Waals surface area contributed by atoms with E-state index < -0.39 is 0 Å². The van der Waals surface area contributed by atoms with Crippen molar-refractivity contribution in [2.75, 3.05) is 0 Å². The Kier molecular flexibility index (Phi) is 4.35. The van der Waals surface area contributed by atoms with Gasteiger partial charge in [0.25, 0.3) is 5.91 Å².